The highest BCUT2D eigenvalue weighted by Crippen LogP contribution is 2.47. The number of aromatic nitrogens is 2. The van der Waals surface area contributed by atoms with Gasteiger partial charge in [0.05, 0.1) is 22.1 Å². The van der Waals surface area contributed by atoms with Crippen molar-refractivity contribution in [1.29, 1.82) is 0 Å². The highest BCUT2D eigenvalue weighted by atomic mass is 16.3. The SMILES string of the molecule is c1ccc2c(c1)oc1c(-c3ccc4c(c3)c3ccccc3n4-c3ccc(C4(c5ccc(-n6c7ccccc7c7cc(-c8cccc9c8oc8ccccc89)ccc76)cc5)CCCCC4)cc3)cccc12. The maximum atomic E-state index is 6.49. The quantitative estimate of drug-likeness (QED) is 0.167. The zero-order valence-electron chi connectivity index (χ0n) is 38.5. The molecule has 4 heterocycles. The van der Waals surface area contributed by atoms with Gasteiger partial charge in [-0.3, -0.25) is 0 Å². The van der Waals surface area contributed by atoms with E-state index < -0.39 is 0 Å². The molecule has 0 atom stereocenters. The first-order chi connectivity index (χ1) is 34.7. The molecule has 0 aliphatic heterocycles. The smallest absolute Gasteiger partial charge is 0.143 e. The van der Waals surface area contributed by atoms with E-state index in [1.54, 1.807) is 0 Å². The summed E-state index contributed by atoms with van der Waals surface area (Å²) in [7, 11) is 0. The van der Waals surface area contributed by atoms with Gasteiger partial charge in [0.25, 0.3) is 0 Å². The lowest BCUT2D eigenvalue weighted by molar-refractivity contribution is 0.346. The molecule has 0 N–H and O–H groups in total. The van der Waals surface area contributed by atoms with Crippen LogP contribution in [0.2, 0.25) is 0 Å². The van der Waals surface area contributed by atoms with Crippen LogP contribution in [0.5, 0.6) is 0 Å². The van der Waals surface area contributed by atoms with Gasteiger partial charge in [-0.2, -0.15) is 0 Å². The van der Waals surface area contributed by atoms with E-state index in [0.29, 0.717) is 0 Å². The van der Waals surface area contributed by atoms with E-state index in [9.17, 15) is 0 Å². The van der Waals surface area contributed by atoms with Crippen LogP contribution in [-0.2, 0) is 5.41 Å². The van der Waals surface area contributed by atoms with Gasteiger partial charge in [0.2, 0.25) is 0 Å². The highest BCUT2D eigenvalue weighted by Gasteiger charge is 2.36. The molecular weight excluding hydrogens is 853 g/mol. The molecule has 0 bridgehead atoms. The second kappa shape index (κ2) is 15.2. The third-order valence-corrected chi connectivity index (χ3v) is 15.8. The van der Waals surface area contributed by atoms with Crippen molar-refractivity contribution in [2.45, 2.75) is 37.5 Å². The minimum absolute atomic E-state index is 0.0594. The minimum atomic E-state index is -0.0594. The maximum absolute atomic E-state index is 6.49. The Morgan fingerprint density at radius 2 is 0.714 bits per heavy atom. The molecule has 0 radical (unpaired) electrons. The van der Waals surface area contributed by atoms with Crippen LogP contribution >= 0.6 is 0 Å². The van der Waals surface area contributed by atoms with Gasteiger partial charge in [0, 0.05) is 71.0 Å². The number of fused-ring (bicyclic) bond motifs is 12. The molecule has 1 aliphatic carbocycles. The second-order valence-corrected chi connectivity index (χ2v) is 19.5. The van der Waals surface area contributed by atoms with Gasteiger partial charge in [0.1, 0.15) is 22.3 Å². The van der Waals surface area contributed by atoms with E-state index in [1.165, 1.54) is 85.4 Å². The first kappa shape index (κ1) is 39.4. The van der Waals surface area contributed by atoms with E-state index in [-0.39, 0.29) is 5.41 Å². The highest BCUT2D eigenvalue weighted by molar-refractivity contribution is 6.15. The van der Waals surface area contributed by atoms with Crippen LogP contribution in [0.15, 0.2) is 227 Å². The average molecular weight is 899 g/mol. The molecule has 1 aliphatic rings. The van der Waals surface area contributed by atoms with Gasteiger partial charge in [-0.15, -0.1) is 0 Å². The van der Waals surface area contributed by atoms with E-state index in [4.69, 9.17) is 8.83 Å². The average Bonchev–Trinajstić information content (AvgIpc) is 4.19. The molecule has 4 aromatic heterocycles. The maximum Gasteiger partial charge on any atom is 0.143 e. The molecule has 1 saturated carbocycles. The first-order valence-corrected chi connectivity index (χ1v) is 24.8. The number of nitrogens with zero attached hydrogens (tertiary/aromatic N) is 2. The predicted molar refractivity (Wildman–Crippen MR) is 291 cm³/mol. The lowest BCUT2D eigenvalue weighted by atomic mass is 9.65. The summed E-state index contributed by atoms with van der Waals surface area (Å²) in [6, 6.07) is 80.2. The fraction of sp³-hybridized carbons (Fsp3) is 0.0909. The fourth-order valence-electron chi connectivity index (χ4n) is 12.5. The molecule has 14 aromatic rings. The normalized spacial score (nSPS) is 14.1. The number of para-hydroxylation sites is 6. The summed E-state index contributed by atoms with van der Waals surface area (Å²) in [5.74, 6) is 0. The van der Waals surface area contributed by atoms with Gasteiger partial charge < -0.3 is 18.0 Å². The number of benzene rings is 10. The Hall–Kier alpha value is -8.60. The van der Waals surface area contributed by atoms with Crippen molar-refractivity contribution < 1.29 is 8.83 Å². The van der Waals surface area contributed by atoms with Crippen molar-refractivity contribution in [2.24, 2.45) is 0 Å². The molecule has 0 amide bonds. The Labute approximate surface area is 404 Å². The summed E-state index contributed by atoms with van der Waals surface area (Å²) in [6.45, 7) is 0. The van der Waals surface area contributed by atoms with Crippen LogP contribution in [-0.4, -0.2) is 9.13 Å². The molecule has 0 spiro atoms. The van der Waals surface area contributed by atoms with Gasteiger partial charge in [-0.1, -0.05) is 165 Å². The first-order valence-electron chi connectivity index (χ1n) is 24.8. The zero-order valence-corrected chi connectivity index (χ0v) is 38.5. The Balaban J connectivity index is 0.794. The topological polar surface area (TPSA) is 36.1 Å². The minimum Gasteiger partial charge on any atom is -0.455 e. The van der Waals surface area contributed by atoms with Crippen LogP contribution in [0.25, 0.3) is 121 Å². The van der Waals surface area contributed by atoms with Crippen molar-refractivity contribution in [3.05, 3.63) is 230 Å². The van der Waals surface area contributed by atoms with Crippen molar-refractivity contribution >= 4 is 87.5 Å². The van der Waals surface area contributed by atoms with E-state index >= 15 is 0 Å². The number of rotatable bonds is 6. The molecule has 4 nitrogen and oxygen atoms in total. The van der Waals surface area contributed by atoms with Crippen LogP contribution < -0.4 is 0 Å². The number of hydrogen-bond donors (Lipinski definition) is 0. The summed E-state index contributed by atoms with van der Waals surface area (Å²) in [6.07, 6.45) is 5.99. The molecule has 1 fully saturated rings. The van der Waals surface area contributed by atoms with E-state index in [2.05, 4.69) is 215 Å². The largest absolute Gasteiger partial charge is 0.455 e. The Bertz CT molecular complexity index is 4100. The second-order valence-electron chi connectivity index (χ2n) is 19.5. The van der Waals surface area contributed by atoms with Crippen molar-refractivity contribution in [2.75, 3.05) is 0 Å². The summed E-state index contributed by atoms with van der Waals surface area (Å²) in [5.41, 5.74) is 18.1. The lowest BCUT2D eigenvalue weighted by Crippen LogP contribution is -2.30. The van der Waals surface area contributed by atoms with Crippen molar-refractivity contribution in [3.63, 3.8) is 0 Å². The van der Waals surface area contributed by atoms with Crippen LogP contribution in [0.3, 0.4) is 0 Å². The van der Waals surface area contributed by atoms with Crippen molar-refractivity contribution in [1.82, 2.24) is 9.13 Å². The van der Waals surface area contributed by atoms with Gasteiger partial charge >= 0.3 is 0 Å². The molecule has 70 heavy (non-hydrogen) atoms. The standard InChI is InChI=1S/C66H46N2O2/c1-10-38-66(39-11-1,44-28-32-46(33-29-44)67-58-22-6-2-14-50(58)56-40-42(26-36-60(56)67)48-18-12-20-54-52-16-4-8-24-62(52)69-64(48)54)45-30-34-47(35-31-45)68-59-23-7-3-15-51(59)57-41-43(27-37-61(57)68)49-19-13-21-55-53-17-5-9-25-63(53)70-65(49)55/h2-9,12-37,40-41H,1,10-11,38-39H2. The van der Waals surface area contributed by atoms with E-state index in [0.717, 1.165) is 79.0 Å². The van der Waals surface area contributed by atoms with E-state index in [1.807, 2.05) is 12.1 Å². The summed E-state index contributed by atoms with van der Waals surface area (Å²) >= 11 is 0. The molecule has 4 heteroatoms. The summed E-state index contributed by atoms with van der Waals surface area (Å²) in [5, 5.41) is 9.55. The predicted octanol–water partition coefficient (Wildman–Crippen LogP) is 18.3. The van der Waals surface area contributed by atoms with Gasteiger partial charge in [0.15, 0.2) is 0 Å². The number of hydrogen-bond acceptors (Lipinski definition) is 2. The molecule has 15 rings (SSSR count). The molecule has 332 valence electrons. The van der Waals surface area contributed by atoms with Crippen molar-refractivity contribution in [3.8, 4) is 33.6 Å². The Morgan fingerprint density at radius 1 is 0.314 bits per heavy atom. The Kier molecular flexibility index (Phi) is 8.56. The Morgan fingerprint density at radius 3 is 1.19 bits per heavy atom. The van der Waals surface area contributed by atoms with Gasteiger partial charge in [-0.05, 0) is 108 Å². The molecule has 0 unspecified atom stereocenters. The molecule has 0 saturated heterocycles. The number of furan rings is 2. The monoisotopic (exact) mass is 898 g/mol. The van der Waals surface area contributed by atoms with Crippen LogP contribution in [0, 0.1) is 0 Å². The third-order valence-electron chi connectivity index (χ3n) is 15.8. The summed E-state index contributed by atoms with van der Waals surface area (Å²) < 4.78 is 17.9. The summed E-state index contributed by atoms with van der Waals surface area (Å²) in [4.78, 5) is 0. The molecule has 10 aromatic carbocycles. The lowest BCUT2D eigenvalue weighted by Gasteiger charge is -2.39. The van der Waals surface area contributed by atoms with Crippen LogP contribution in [0.4, 0.5) is 0 Å². The zero-order chi connectivity index (χ0) is 45.9. The fourth-order valence-corrected chi connectivity index (χ4v) is 12.5. The molecular formula is C66H46N2O2. The third kappa shape index (κ3) is 5.77. The van der Waals surface area contributed by atoms with Crippen LogP contribution in [0.1, 0.15) is 43.2 Å². The van der Waals surface area contributed by atoms with Gasteiger partial charge in [-0.25, -0.2) is 0 Å².